The van der Waals surface area contributed by atoms with Crippen LogP contribution in [0.2, 0.25) is 0 Å². The van der Waals surface area contributed by atoms with Gasteiger partial charge in [-0.25, -0.2) is 4.57 Å². The first kappa shape index (κ1) is 45.6. The Morgan fingerprint density at radius 2 is 0.841 bits per heavy atom. The van der Waals surface area contributed by atoms with Crippen LogP contribution in [0.15, 0.2) is 0 Å². The van der Waals surface area contributed by atoms with Gasteiger partial charge in [0.1, 0.15) is 6.10 Å². The van der Waals surface area contributed by atoms with E-state index in [1.54, 1.807) is 0 Å². The van der Waals surface area contributed by atoms with E-state index in [9.17, 15) is 9.90 Å². The van der Waals surface area contributed by atoms with Gasteiger partial charge in [-0.3, -0.25) is 4.79 Å². The molecule has 8 nitrogen and oxygen atoms in total. The Morgan fingerprint density at radius 1 is 0.545 bits per heavy atom. The zero-order chi connectivity index (χ0) is 33.0. The second-order valence-corrected chi connectivity index (χ2v) is 13.5. The molecular weight excluding hydrogens is 579 g/mol. The van der Waals surface area contributed by atoms with Crippen LogP contribution in [0.5, 0.6) is 0 Å². The van der Waals surface area contributed by atoms with Crippen molar-refractivity contribution >= 4 is 13.8 Å². The highest BCUT2D eigenvalue weighted by molar-refractivity contribution is 7.45. The van der Waals surface area contributed by atoms with E-state index in [2.05, 4.69) is 13.8 Å². The molecule has 266 valence electrons. The van der Waals surface area contributed by atoms with Gasteiger partial charge in [-0.2, -0.15) is 0 Å². The zero-order valence-corrected chi connectivity index (χ0v) is 29.8. The molecule has 44 heavy (non-hydrogen) atoms. The number of aliphatic hydroxyl groups excluding tert-OH is 1. The molecule has 0 radical (unpaired) electrons. The fourth-order valence-corrected chi connectivity index (χ4v) is 5.27. The van der Waals surface area contributed by atoms with Crippen molar-refractivity contribution in [1.82, 2.24) is 0 Å². The molecule has 1 unspecified atom stereocenters. The number of rotatable bonds is 33. The second-order valence-electron chi connectivity index (χ2n) is 12.5. The number of hydrogen-bond acceptors (Lipinski definition) is 5. The molecular formula is C35H73O8P. The van der Waals surface area contributed by atoms with Crippen molar-refractivity contribution in [3.05, 3.63) is 0 Å². The van der Waals surface area contributed by atoms with Gasteiger partial charge in [-0.05, 0) is 12.8 Å². The third kappa shape index (κ3) is 45.9. The smallest absolute Gasteiger partial charge is 0.457 e. The van der Waals surface area contributed by atoms with Crippen molar-refractivity contribution in [3.8, 4) is 0 Å². The molecule has 0 aliphatic carbocycles. The molecule has 0 aromatic carbocycles. The molecule has 0 heterocycles. The number of carbonyl (C=O) groups is 1. The van der Waals surface area contributed by atoms with Gasteiger partial charge in [-0.1, -0.05) is 174 Å². The van der Waals surface area contributed by atoms with Crippen molar-refractivity contribution < 1.29 is 38.6 Å². The van der Waals surface area contributed by atoms with E-state index in [0.29, 0.717) is 19.6 Å². The molecule has 0 aliphatic rings. The minimum atomic E-state index is -4.64. The molecule has 4 N–H and O–H groups in total. The van der Waals surface area contributed by atoms with Gasteiger partial charge < -0.3 is 29.3 Å². The molecule has 0 bridgehead atoms. The number of unbranched alkanes of at least 4 members (excludes halogenated alkanes) is 25. The number of carbonyl (C=O) groups excluding carboxylic acids is 1. The van der Waals surface area contributed by atoms with Gasteiger partial charge in [0.25, 0.3) is 0 Å². The quantitative estimate of drug-likeness (QED) is 0.0313. The van der Waals surface area contributed by atoms with Crippen LogP contribution in [-0.2, 0) is 18.8 Å². The standard InChI is InChI=1S/C35H70O4.H3O4P/c1-3-5-7-9-11-13-15-17-19-21-23-25-27-29-31-38-33-34(32-36)39-35(37)30-28-26-24-22-20-18-16-14-12-10-8-6-4-2;1-5(2,3)4/h34,36H,3-33H2,1-2H3;(H3,1,2,3,4). The van der Waals surface area contributed by atoms with Crippen LogP contribution < -0.4 is 0 Å². The van der Waals surface area contributed by atoms with E-state index >= 15 is 0 Å². The summed E-state index contributed by atoms with van der Waals surface area (Å²) >= 11 is 0. The minimum Gasteiger partial charge on any atom is -0.457 e. The first-order chi connectivity index (χ1) is 21.2. The number of ether oxygens (including phenoxy) is 2. The fraction of sp³-hybridized carbons (Fsp3) is 0.971. The third-order valence-electron chi connectivity index (χ3n) is 7.93. The molecule has 0 aliphatic heterocycles. The number of phosphoric acid groups is 1. The lowest BCUT2D eigenvalue weighted by Gasteiger charge is -2.16. The zero-order valence-electron chi connectivity index (χ0n) is 28.9. The number of hydrogen-bond donors (Lipinski definition) is 4. The maximum absolute atomic E-state index is 12.1. The first-order valence-electron chi connectivity index (χ1n) is 18.4. The van der Waals surface area contributed by atoms with Crippen LogP contribution in [0, 0.1) is 0 Å². The van der Waals surface area contributed by atoms with Crippen LogP contribution in [0.1, 0.15) is 194 Å². The maximum atomic E-state index is 12.1. The van der Waals surface area contributed by atoms with E-state index in [1.807, 2.05) is 0 Å². The summed E-state index contributed by atoms with van der Waals surface area (Å²) in [6, 6.07) is 0. The van der Waals surface area contributed by atoms with Gasteiger partial charge >= 0.3 is 13.8 Å². The monoisotopic (exact) mass is 653 g/mol. The van der Waals surface area contributed by atoms with E-state index in [1.165, 1.54) is 154 Å². The molecule has 0 rings (SSSR count). The molecule has 0 amide bonds. The van der Waals surface area contributed by atoms with Crippen LogP contribution in [-0.4, -0.2) is 51.7 Å². The molecule has 0 aromatic heterocycles. The average Bonchev–Trinajstić information content (AvgIpc) is 2.97. The van der Waals surface area contributed by atoms with E-state index in [-0.39, 0.29) is 12.6 Å². The topological polar surface area (TPSA) is 134 Å². The van der Waals surface area contributed by atoms with Gasteiger partial charge in [0.05, 0.1) is 13.2 Å². The molecule has 0 saturated carbocycles. The van der Waals surface area contributed by atoms with E-state index < -0.39 is 13.9 Å². The molecule has 0 saturated heterocycles. The van der Waals surface area contributed by atoms with Crippen LogP contribution in [0.4, 0.5) is 0 Å². The summed E-state index contributed by atoms with van der Waals surface area (Å²) < 4.78 is 20.0. The van der Waals surface area contributed by atoms with Crippen LogP contribution in [0.3, 0.4) is 0 Å². The molecule has 0 aromatic rings. The molecule has 9 heteroatoms. The average molecular weight is 653 g/mol. The lowest BCUT2D eigenvalue weighted by atomic mass is 10.0. The molecule has 0 spiro atoms. The van der Waals surface area contributed by atoms with Gasteiger partial charge in [0.2, 0.25) is 0 Å². The van der Waals surface area contributed by atoms with Crippen LogP contribution in [0.25, 0.3) is 0 Å². The van der Waals surface area contributed by atoms with E-state index in [0.717, 1.165) is 19.3 Å². The van der Waals surface area contributed by atoms with Gasteiger partial charge in [0, 0.05) is 13.0 Å². The summed E-state index contributed by atoms with van der Waals surface area (Å²) in [7, 11) is -4.64. The Labute approximate surface area is 271 Å². The van der Waals surface area contributed by atoms with Crippen molar-refractivity contribution in [3.63, 3.8) is 0 Å². The first-order valence-corrected chi connectivity index (χ1v) is 20.0. The highest BCUT2D eigenvalue weighted by atomic mass is 31.2. The number of esters is 1. The summed E-state index contributed by atoms with van der Waals surface area (Å²) in [4.78, 5) is 33.7. The van der Waals surface area contributed by atoms with Gasteiger partial charge in [-0.15, -0.1) is 0 Å². The second kappa shape index (κ2) is 37.0. The fourth-order valence-electron chi connectivity index (χ4n) is 5.27. The summed E-state index contributed by atoms with van der Waals surface area (Å²) in [5.41, 5.74) is 0. The summed E-state index contributed by atoms with van der Waals surface area (Å²) in [5.74, 6) is -0.197. The summed E-state index contributed by atoms with van der Waals surface area (Å²) in [6.07, 6.45) is 35.6. The number of aliphatic hydroxyl groups is 1. The lowest BCUT2D eigenvalue weighted by Crippen LogP contribution is -2.27. The minimum absolute atomic E-state index is 0.164. The summed E-state index contributed by atoms with van der Waals surface area (Å²) in [5, 5.41) is 9.53. The van der Waals surface area contributed by atoms with Crippen LogP contribution >= 0.6 is 7.82 Å². The Balaban J connectivity index is 0. The van der Waals surface area contributed by atoms with Crippen molar-refractivity contribution in [2.45, 2.75) is 200 Å². The normalized spacial score (nSPS) is 12.1. The highest BCUT2D eigenvalue weighted by Crippen LogP contribution is 2.25. The third-order valence-corrected chi connectivity index (χ3v) is 7.93. The largest absolute Gasteiger partial charge is 0.466 e. The van der Waals surface area contributed by atoms with Gasteiger partial charge in [0.15, 0.2) is 0 Å². The molecule has 1 atom stereocenters. The Bertz CT molecular complexity index is 605. The maximum Gasteiger partial charge on any atom is 0.466 e. The lowest BCUT2D eigenvalue weighted by molar-refractivity contribution is -0.154. The highest BCUT2D eigenvalue weighted by Gasteiger charge is 2.13. The summed E-state index contributed by atoms with van der Waals surface area (Å²) in [6.45, 7) is 5.38. The Morgan fingerprint density at radius 3 is 1.16 bits per heavy atom. The molecule has 0 fully saturated rings. The van der Waals surface area contributed by atoms with Crippen molar-refractivity contribution in [2.75, 3.05) is 19.8 Å². The predicted molar refractivity (Wildman–Crippen MR) is 183 cm³/mol. The SMILES string of the molecule is CCCCCCCCCCCCCCCCOCC(CO)OC(=O)CCCCCCCCCCCCCCC.O=P(O)(O)O. The predicted octanol–water partition coefficient (Wildman–Crippen LogP) is 9.94. The van der Waals surface area contributed by atoms with Crippen molar-refractivity contribution in [2.24, 2.45) is 0 Å². The van der Waals surface area contributed by atoms with Crippen molar-refractivity contribution in [1.29, 1.82) is 0 Å². The van der Waals surface area contributed by atoms with E-state index in [4.69, 9.17) is 28.7 Å². The Kier molecular flexibility index (Phi) is 38.3. The Hall–Kier alpha value is -0.500.